The molecule has 3 rings (SSSR count). The summed E-state index contributed by atoms with van der Waals surface area (Å²) in [6.45, 7) is 2.49. The van der Waals surface area contributed by atoms with Crippen LogP contribution in [-0.2, 0) is 16.0 Å². The van der Waals surface area contributed by atoms with Gasteiger partial charge in [0.2, 0.25) is 0 Å². The maximum atomic E-state index is 12.6. The number of nitrogens with zero attached hydrogens (tertiary/aromatic N) is 1. The van der Waals surface area contributed by atoms with Crippen LogP contribution in [0.5, 0.6) is 5.75 Å². The lowest BCUT2D eigenvalue weighted by Gasteiger charge is -2.10. The monoisotopic (exact) mass is 494 g/mol. The van der Waals surface area contributed by atoms with Gasteiger partial charge in [0.25, 0.3) is 11.6 Å². The molecule has 0 aromatic heterocycles. The molecule has 0 unspecified atom stereocenters. The van der Waals surface area contributed by atoms with Crippen molar-refractivity contribution in [1.29, 1.82) is 0 Å². The van der Waals surface area contributed by atoms with Gasteiger partial charge in [-0.1, -0.05) is 35.9 Å². The van der Waals surface area contributed by atoms with Crippen molar-refractivity contribution in [1.82, 2.24) is 0 Å². The number of non-ortho nitro benzene ring substituents is 1. The first-order valence-corrected chi connectivity index (χ1v) is 11.2. The van der Waals surface area contributed by atoms with E-state index in [1.165, 1.54) is 18.2 Å². The number of rotatable bonds is 10. The fraction of sp³-hybridized carbons (Fsp3) is 0.154. The van der Waals surface area contributed by atoms with Crippen LogP contribution >= 0.6 is 11.6 Å². The van der Waals surface area contributed by atoms with Gasteiger partial charge in [0, 0.05) is 30.3 Å². The summed E-state index contributed by atoms with van der Waals surface area (Å²) in [5.74, 6) is -0.244. The summed E-state index contributed by atoms with van der Waals surface area (Å²) in [5, 5.41) is 13.8. The smallest absolute Gasteiger partial charge is 0.330 e. The van der Waals surface area contributed by atoms with Crippen LogP contribution < -0.4 is 10.1 Å². The summed E-state index contributed by atoms with van der Waals surface area (Å²) in [7, 11) is 0. The topological polar surface area (TPSA) is 108 Å². The number of nitrogens with one attached hydrogen (secondary N) is 1. The number of amides is 1. The van der Waals surface area contributed by atoms with E-state index in [0.29, 0.717) is 31.1 Å². The highest BCUT2D eigenvalue weighted by Gasteiger charge is 2.16. The molecule has 0 spiro atoms. The lowest BCUT2D eigenvalue weighted by Crippen LogP contribution is -2.13. The van der Waals surface area contributed by atoms with E-state index in [-0.39, 0.29) is 22.2 Å². The Labute approximate surface area is 207 Å². The zero-order valence-corrected chi connectivity index (χ0v) is 19.7. The molecule has 3 aromatic carbocycles. The maximum absolute atomic E-state index is 12.6. The van der Waals surface area contributed by atoms with Crippen molar-refractivity contribution in [2.75, 3.05) is 18.5 Å². The van der Waals surface area contributed by atoms with Crippen molar-refractivity contribution in [3.05, 3.63) is 105 Å². The Balaban J connectivity index is 1.55. The van der Waals surface area contributed by atoms with E-state index in [0.717, 1.165) is 17.2 Å². The second-order valence-corrected chi connectivity index (χ2v) is 7.74. The zero-order chi connectivity index (χ0) is 25.2. The molecule has 35 heavy (non-hydrogen) atoms. The van der Waals surface area contributed by atoms with Gasteiger partial charge in [0.1, 0.15) is 5.75 Å². The van der Waals surface area contributed by atoms with E-state index in [4.69, 9.17) is 21.1 Å². The fourth-order valence-corrected chi connectivity index (χ4v) is 3.32. The normalized spacial score (nSPS) is 10.7. The number of benzene rings is 3. The molecule has 0 radical (unpaired) electrons. The molecule has 0 bridgehead atoms. The number of carbonyl (C=O) groups is 2. The van der Waals surface area contributed by atoms with Crippen molar-refractivity contribution >= 4 is 40.9 Å². The van der Waals surface area contributed by atoms with E-state index in [9.17, 15) is 19.7 Å². The summed E-state index contributed by atoms with van der Waals surface area (Å²) in [5.41, 5.74) is 2.12. The van der Waals surface area contributed by atoms with Crippen LogP contribution in [0.2, 0.25) is 5.02 Å². The fourth-order valence-electron chi connectivity index (χ4n) is 3.12. The van der Waals surface area contributed by atoms with Crippen LogP contribution in [0.1, 0.15) is 28.4 Å². The van der Waals surface area contributed by atoms with Gasteiger partial charge in [0.05, 0.1) is 28.7 Å². The van der Waals surface area contributed by atoms with Crippen LogP contribution in [0, 0.1) is 10.1 Å². The van der Waals surface area contributed by atoms with Gasteiger partial charge in [-0.2, -0.15) is 0 Å². The first-order chi connectivity index (χ1) is 16.9. The number of esters is 1. The second-order valence-electron chi connectivity index (χ2n) is 7.33. The van der Waals surface area contributed by atoms with Gasteiger partial charge in [-0.15, -0.1) is 0 Å². The Bertz CT molecular complexity index is 1240. The predicted molar refractivity (Wildman–Crippen MR) is 134 cm³/mol. The summed E-state index contributed by atoms with van der Waals surface area (Å²) in [6, 6.07) is 18.2. The second kappa shape index (κ2) is 12.3. The maximum Gasteiger partial charge on any atom is 0.330 e. The Morgan fingerprint density at radius 2 is 1.86 bits per heavy atom. The molecule has 1 amide bonds. The van der Waals surface area contributed by atoms with Crippen LogP contribution in [-0.4, -0.2) is 30.0 Å². The van der Waals surface area contributed by atoms with Crippen molar-refractivity contribution in [3.8, 4) is 5.75 Å². The third-order valence-corrected chi connectivity index (χ3v) is 5.16. The molecule has 0 aliphatic carbocycles. The van der Waals surface area contributed by atoms with Crippen molar-refractivity contribution in [2.45, 2.75) is 13.3 Å². The minimum atomic E-state index is -0.582. The van der Waals surface area contributed by atoms with Gasteiger partial charge in [-0.3, -0.25) is 14.9 Å². The average molecular weight is 495 g/mol. The molecule has 180 valence electrons. The minimum Gasteiger partial charge on any atom is -0.493 e. The van der Waals surface area contributed by atoms with E-state index in [1.54, 1.807) is 31.2 Å². The Kier molecular flexibility index (Phi) is 8.97. The van der Waals surface area contributed by atoms with Crippen LogP contribution in [0.4, 0.5) is 11.4 Å². The lowest BCUT2D eigenvalue weighted by atomic mass is 10.1. The first-order valence-electron chi connectivity index (χ1n) is 10.8. The molecule has 0 atom stereocenters. The zero-order valence-electron chi connectivity index (χ0n) is 18.9. The molecule has 0 heterocycles. The average Bonchev–Trinajstić information content (AvgIpc) is 2.84. The minimum absolute atomic E-state index is 0.0233. The number of nitro groups is 1. The highest BCUT2D eigenvalue weighted by molar-refractivity contribution is 6.34. The molecule has 0 aliphatic heterocycles. The quantitative estimate of drug-likeness (QED) is 0.168. The summed E-state index contributed by atoms with van der Waals surface area (Å²) < 4.78 is 10.6. The molecular weight excluding hydrogens is 472 g/mol. The highest BCUT2D eigenvalue weighted by Crippen LogP contribution is 2.23. The van der Waals surface area contributed by atoms with Crippen LogP contribution in [0.25, 0.3) is 6.08 Å². The summed E-state index contributed by atoms with van der Waals surface area (Å²) in [4.78, 5) is 34.4. The van der Waals surface area contributed by atoms with E-state index < -0.39 is 10.8 Å². The van der Waals surface area contributed by atoms with Crippen molar-refractivity contribution in [2.24, 2.45) is 0 Å². The molecule has 0 fully saturated rings. The molecule has 0 aliphatic rings. The predicted octanol–water partition coefficient (Wildman–Crippen LogP) is 5.70. The van der Waals surface area contributed by atoms with Crippen molar-refractivity contribution < 1.29 is 24.0 Å². The third kappa shape index (κ3) is 7.68. The Hall–Kier alpha value is -4.17. The Morgan fingerprint density at radius 3 is 2.57 bits per heavy atom. The number of carbonyl (C=O) groups excluding carboxylic acids is 2. The SMILES string of the molecule is CCOC(=O)/C=C/c1ccc(OCCc2cccc(NC(=O)c3cc([N+](=O)[O-])ccc3Cl)c2)cc1. The van der Waals surface area contributed by atoms with Gasteiger partial charge < -0.3 is 14.8 Å². The van der Waals surface area contributed by atoms with Gasteiger partial charge >= 0.3 is 5.97 Å². The van der Waals surface area contributed by atoms with Gasteiger partial charge in [0.15, 0.2) is 0 Å². The molecule has 0 saturated heterocycles. The molecular formula is C26H23ClN2O6. The number of hydrogen-bond donors (Lipinski definition) is 1. The molecule has 0 saturated carbocycles. The van der Waals surface area contributed by atoms with E-state index in [1.807, 2.05) is 30.3 Å². The van der Waals surface area contributed by atoms with Gasteiger partial charge in [-0.05, 0) is 54.5 Å². The number of ether oxygens (including phenoxy) is 2. The number of anilines is 1. The van der Waals surface area contributed by atoms with Gasteiger partial charge in [-0.25, -0.2) is 4.79 Å². The molecule has 8 nitrogen and oxygen atoms in total. The number of hydrogen-bond acceptors (Lipinski definition) is 6. The third-order valence-electron chi connectivity index (χ3n) is 4.83. The standard InChI is InChI=1S/C26H23ClN2O6/c1-2-34-25(30)13-8-18-6-10-22(11-7-18)35-15-14-19-4-3-5-20(16-19)28-26(31)23-17-21(29(32)33)9-12-24(23)27/h3-13,16-17H,2,14-15H2,1H3,(H,28,31)/b13-8+. The van der Waals surface area contributed by atoms with E-state index >= 15 is 0 Å². The molecule has 3 aromatic rings. The largest absolute Gasteiger partial charge is 0.493 e. The van der Waals surface area contributed by atoms with Crippen molar-refractivity contribution in [3.63, 3.8) is 0 Å². The molecule has 1 N–H and O–H groups in total. The van der Waals surface area contributed by atoms with E-state index in [2.05, 4.69) is 5.32 Å². The number of halogens is 1. The number of nitro benzene ring substituents is 1. The van der Waals surface area contributed by atoms with Crippen LogP contribution in [0.15, 0.2) is 72.8 Å². The molecule has 9 heteroatoms. The highest BCUT2D eigenvalue weighted by atomic mass is 35.5. The summed E-state index contributed by atoms with van der Waals surface area (Å²) in [6.07, 6.45) is 3.63. The lowest BCUT2D eigenvalue weighted by molar-refractivity contribution is -0.384. The Morgan fingerprint density at radius 1 is 1.09 bits per heavy atom. The summed E-state index contributed by atoms with van der Waals surface area (Å²) >= 11 is 6.05. The van der Waals surface area contributed by atoms with Crippen LogP contribution in [0.3, 0.4) is 0 Å². The first kappa shape index (κ1) is 25.5.